The second kappa shape index (κ2) is 8.80. The second-order valence-corrected chi connectivity index (χ2v) is 6.91. The van der Waals surface area contributed by atoms with Crippen molar-refractivity contribution in [1.82, 2.24) is 20.2 Å². The lowest BCUT2D eigenvalue weighted by Crippen LogP contribution is -2.53. The molecule has 2 aromatic heterocycles. The zero-order chi connectivity index (χ0) is 17.5. The Kier molecular flexibility index (Phi) is 6.22. The van der Waals surface area contributed by atoms with Crippen molar-refractivity contribution in [2.24, 2.45) is 4.99 Å². The fourth-order valence-electron chi connectivity index (χ4n) is 2.95. The number of nitrogens with zero attached hydrogens (tertiary/aromatic N) is 5. The summed E-state index contributed by atoms with van der Waals surface area (Å²) in [4.78, 5) is 18.1. The van der Waals surface area contributed by atoms with Crippen LogP contribution in [0.15, 0.2) is 34.8 Å². The number of piperazine rings is 1. The molecule has 0 aromatic carbocycles. The lowest BCUT2D eigenvalue weighted by atomic mass is 10.3. The quantitative estimate of drug-likeness (QED) is 0.655. The molecule has 0 aliphatic carbocycles. The molecule has 3 heterocycles. The van der Waals surface area contributed by atoms with E-state index in [1.54, 1.807) is 11.3 Å². The number of hydrogen-bond acceptors (Lipinski definition) is 5. The molecule has 0 spiro atoms. The lowest BCUT2D eigenvalue weighted by molar-refractivity contribution is 0.372. The van der Waals surface area contributed by atoms with Gasteiger partial charge in [0, 0.05) is 57.8 Å². The van der Waals surface area contributed by atoms with Crippen LogP contribution in [-0.4, -0.2) is 60.6 Å². The minimum absolute atomic E-state index is 0.861. The standard InChI is InChI=1S/C18H26N6S/c1-3-17-22-15(14-25-17)7-9-21-18(19-2)24-12-10-23(11-13-24)16-6-4-5-8-20-16/h4-6,8,14H,3,7,9-13H2,1-2H3,(H,19,21). The molecule has 0 bridgehead atoms. The third-order valence-corrected chi connectivity index (χ3v) is 5.37. The molecular formula is C18H26N6S. The van der Waals surface area contributed by atoms with Gasteiger partial charge >= 0.3 is 0 Å². The number of nitrogens with one attached hydrogen (secondary N) is 1. The Balaban J connectivity index is 1.46. The van der Waals surface area contributed by atoms with Crippen LogP contribution >= 0.6 is 11.3 Å². The Morgan fingerprint density at radius 1 is 1.28 bits per heavy atom. The summed E-state index contributed by atoms with van der Waals surface area (Å²) in [5.41, 5.74) is 1.17. The molecule has 25 heavy (non-hydrogen) atoms. The maximum atomic E-state index is 4.62. The van der Waals surface area contributed by atoms with E-state index >= 15 is 0 Å². The number of hydrogen-bond donors (Lipinski definition) is 1. The summed E-state index contributed by atoms with van der Waals surface area (Å²) < 4.78 is 0. The van der Waals surface area contributed by atoms with E-state index < -0.39 is 0 Å². The monoisotopic (exact) mass is 358 g/mol. The highest BCUT2D eigenvalue weighted by molar-refractivity contribution is 7.09. The van der Waals surface area contributed by atoms with Gasteiger partial charge in [-0.2, -0.15) is 0 Å². The number of pyridine rings is 1. The first-order chi connectivity index (χ1) is 12.3. The molecule has 0 amide bonds. The molecule has 2 aromatic rings. The molecule has 0 saturated carbocycles. The van der Waals surface area contributed by atoms with E-state index in [9.17, 15) is 0 Å². The van der Waals surface area contributed by atoms with E-state index in [-0.39, 0.29) is 0 Å². The van der Waals surface area contributed by atoms with Gasteiger partial charge in [0.1, 0.15) is 5.82 Å². The molecule has 134 valence electrons. The average Bonchev–Trinajstić information content (AvgIpc) is 3.14. The lowest BCUT2D eigenvalue weighted by Gasteiger charge is -2.37. The molecule has 1 saturated heterocycles. The Morgan fingerprint density at radius 2 is 2.12 bits per heavy atom. The van der Waals surface area contributed by atoms with Crippen LogP contribution < -0.4 is 10.2 Å². The highest BCUT2D eigenvalue weighted by Crippen LogP contribution is 2.13. The molecule has 0 radical (unpaired) electrons. The fourth-order valence-corrected chi connectivity index (χ4v) is 3.73. The van der Waals surface area contributed by atoms with Crippen molar-refractivity contribution in [2.75, 3.05) is 44.7 Å². The van der Waals surface area contributed by atoms with Crippen LogP contribution in [-0.2, 0) is 12.8 Å². The fraction of sp³-hybridized carbons (Fsp3) is 0.500. The third kappa shape index (κ3) is 4.69. The molecule has 7 heteroatoms. The van der Waals surface area contributed by atoms with Crippen molar-refractivity contribution in [3.63, 3.8) is 0 Å². The summed E-state index contributed by atoms with van der Waals surface area (Å²) in [5.74, 6) is 2.03. The van der Waals surface area contributed by atoms with E-state index in [1.807, 2.05) is 25.4 Å². The van der Waals surface area contributed by atoms with Gasteiger partial charge in [0.2, 0.25) is 0 Å². The molecule has 0 atom stereocenters. The van der Waals surface area contributed by atoms with Gasteiger partial charge in [-0.15, -0.1) is 11.3 Å². The Hall–Kier alpha value is -2.15. The van der Waals surface area contributed by atoms with Crippen LogP contribution in [0.1, 0.15) is 17.6 Å². The minimum Gasteiger partial charge on any atom is -0.356 e. The summed E-state index contributed by atoms with van der Waals surface area (Å²) >= 11 is 1.75. The number of guanidine groups is 1. The van der Waals surface area contributed by atoms with Gasteiger partial charge in [-0.05, 0) is 18.6 Å². The van der Waals surface area contributed by atoms with Crippen LogP contribution in [0.25, 0.3) is 0 Å². The molecule has 1 aliphatic rings. The second-order valence-electron chi connectivity index (χ2n) is 5.97. The van der Waals surface area contributed by atoms with Crippen molar-refractivity contribution in [3.8, 4) is 0 Å². The maximum Gasteiger partial charge on any atom is 0.193 e. The maximum absolute atomic E-state index is 4.62. The molecule has 6 nitrogen and oxygen atoms in total. The van der Waals surface area contributed by atoms with Gasteiger partial charge in [0.15, 0.2) is 5.96 Å². The topological polar surface area (TPSA) is 56.7 Å². The zero-order valence-corrected chi connectivity index (χ0v) is 15.8. The number of thiazole rings is 1. The van der Waals surface area contributed by atoms with Crippen LogP contribution in [0.4, 0.5) is 5.82 Å². The minimum atomic E-state index is 0.861. The molecule has 1 fully saturated rings. The predicted octanol–water partition coefficient (Wildman–Crippen LogP) is 2.04. The smallest absolute Gasteiger partial charge is 0.193 e. The van der Waals surface area contributed by atoms with Crippen molar-refractivity contribution >= 4 is 23.1 Å². The van der Waals surface area contributed by atoms with E-state index in [1.165, 1.54) is 10.7 Å². The van der Waals surface area contributed by atoms with Crippen molar-refractivity contribution in [1.29, 1.82) is 0 Å². The Bertz CT molecular complexity index is 676. The van der Waals surface area contributed by atoms with Crippen LogP contribution in [0.2, 0.25) is 0 Å². The number of aromatic nitrogens is 2. The Morgan fingerprint density at radius 3 is 2.76 bits per heavy atom. The van der Waals surface area contributed by atoms with Crippen LogP contribution in [0.5, 0.6) is 0 Å². The Labute approximate surface area is 153 Å². The van der Waals surface area contributed by atoms with Gasteiger partial charge in [-0.3, -0.25) is 4.99 Å². The van der Waals surface area contributed by atoms with Gasteiger partial charge < -0.3 is 15.1 Å². The average molecular weight is 359 g/mol. The SMILES string of the molecule is CCc1nc(CCNC(=NC)N2CCN(c3ccccn3)CC2)cs1. The van der Waals surface area contributed by atoms with Crippen molar-refractivity contribution in [2.45, 2.75) is 19.8 Å². The highest BCUT2D eigenvalue weighted by atomic mass is 32.1. The summed E-state index contributed by atoms with van der Waals surface area (Å²) in [5, 5.41) is 6.85. The number of rotatable bonds is 5. The molecular weight excluding hydrogens is 332 g/mol. The first-order valence-corrected chi connectivity index (χ1v) is 9.73. The predicted molar refractivity (Wildman–Crippen MR) is 105 cm³/mol. The van der Waals surface area contributed by atoms with E-state index in [0.29, 0.717) is 0 Å². The largest absolute Gasteiger partial charge is 0.356 e. The molecule has 1 aliphatic heterocycles. The first kappa shape index (κ1) is 17.7. The zero-order valence-electron chi connectivity index (χ0n) is 15.0. The van der Waals surface area contributed by atoms with E-state index in [4.69, 9.17) is 0 Å². The van der Waals surface area contributed by atoms with Gasteiger partial charge in [-0.1, -0.05) is 13.0 Å². The van der Waals surface area contributed by atoms with Crippen LogP contribution in [0.3, 0.4) is 0 Å². The summed E-state index contributed by atoms with van der Waals surface area (Å²) in [6, 6.07) is 6.07. The highest BCUT2D eigenvalue weighted by Gasteiger charge is 2.20. The van der Waals surface area contributed by atoms with Gasteiger partial charge in [0.05, 0.1) is 10.7 Å². The summed E-state index contributed by atoms with van der Waals surface area (Å²) in [6.45, 7) is 6.83. The normalized spacial score (nSPS) is 15.5. The molecule has 0 unspecified atom stereocenters. The summed E-state index contributed by atoms with van der Waals surface area (Å²) in [7, 11) is 1.85. The third-order valence-electron chi connectivity index (χ3n) is 4.33. The van der Waals surface area contributed by atoms with Crippen molar-refractivity contribution < 1.29 is 0 Å². The van der Waals surface area contributed by atoms with E-state index in [2.05, 4.69) is 48.4 Å². The molecule has 1 N–H and O–H groups in total. The van der Waals surface area contributed by atoms with E-state index in [0.717, 1.165) is 57.3 Å². The van der Waals surface area contributed by atoms with Gasteiger partial charge in [-0.25, -0.2) is 9.97 Å². The van der Waals surface area contributed by atoms with Crippen LogP contribution in [0, 0.1) is 0 Å². The number of anilines is 1. The van der Waals surface area contributed by atoms with Gasteiger partial charge in [0.25, 0.3) is 0 Å². The molecule has 3 rings (SSSR count). The first-order valence-electron chi connectivity index (χ1n) is 8.85. The van der Waals surface area contributed by atoms with Crippen molar-refractivity contribution in [3.05, 3.63) is 40.5 Å². The summed E-state index contributed by atoms with van der Waals surface area (Å²) in [6.07, 6.45) is 3.80. The number of aliphatic imine (C=N–C) groups is 1. The number of aryl methyl sites for hydroxylation is 1.